The average Bonchev–Trinajstić information content (AvgIpc) is 2.55. The first-order chi connectivity index (χ1) is 8.54. The maximum absolute atomic E-state index is 11.8. The van der Waals surface area contributed by atoms with Gasteiger partial charge in [0.2, 0.25) is 0 Å². The van der Waals surface area contributed by atoms with E-state index in [1.807, 2.05) is 0 Å². The highest BCUT2D eigenvalue weighted by Crippen LogP contribution is 2.26. The number of hydrogen-bond donors (Lipinski definition) is 2. The Labute approximate surface area is 109 Å². The Morgan fingerprint density at radius 1 is 1.28 bits per heavy atom. The summed E-state index contributed by atoms with van der Waals surface area (Å²) in [5.74, 6) is 0. The molecule has 0 bridgehead atoms. The standard InChI is InChI=1S/C11H21N3O3S/c1-17-9-8-13-18(15,16)14-11(10-12)6-4-2-3-5-7-11/h13-14H,2-9H2,1H3. The van der Waals surface area contributed by atoms with E-state index >= 15 is 0 Å². The molecule has 1 aliphatic rings. The number of nitrogens with zero attached hydrogens (tertiary/aromatic N) is 1. The lowest BCUT2D eigenvalue weighted by Crippen LogP contribution is -2.51. The number of rotatable bonds is 6. The Hall–Kier alpha value is -0.680. The van der Waals surface area contributed by atoms with Gasteiger partial charge in [0.05, 0.1) is 12.7 Å². The van der Waals surface area contributed by atoms with Crippen LogP contribution in [0.5, 0.6) is 0 Å². The normalized spacial score (nSPS) is 20.0. The van der Waals surface area contributed by atoms with Crippen LogP contribution in [-0.4, -0.2) is 34.2 Å². The van der Waals surface area contributed by atoms with Crippen molar-refractivity contribution in [2.75, 3.05) is 20.3 Å². The minimum absolute atomic E-state index is 0.202. The third-order valence-corrected chi connectivity index (χ3v) is 4.34. The van der Waals surface area contributed by atoms with Gasteiger partial charge in [-0.05, 0) is 12.8 Å². The van der Waals surface area contributed by atoms with Crippen molar-refractivity contribution in [3.63, 3.8) is 0 Å². The van der Waals surface area contributed by atoms with Crippen LogP contribution in [0, 0.1) is 11.3 Å². The van der Waals surface area contributed by atoms with Crippen molar-refractivity contribution in [3.05, 3.63) is 0 Å². The molecule has 1 aliphatic carbocycles. The topological polar surface area (TPSA) is 91.2 Å². The SMILES string of the molecule is COCCNS(=O)(=O)NC1(C#N)CCCCCC1. The van der Waals surface area contributed by atoms with Crippen LogP contribution < -0.4 is 9.44 Å². The van der Waals surface area contributed by atoms with Crippen LogP contribution in [0.2, 0.25) is 0 Å². The lowest BCUT2D eigenvalue weighted by molar-refractivity contribution is 0.204. The Morgan fingerprint density at radius 2 is 1.89 bits per heavy atom. The summed E-state index contributed by atoms with van der Waals surface area (Å²) in [4.78, 5) is 0. The summed E-state index contributed by atoms with van der Waals surface area (Å²) in [6.45, 7) is 0.508. The van der Waals surface area contributed by atoms with Gasteiger partial charge in [-0.25, -0.2) is 0 Å². The molecule has 0 saturated heterocycles. The van der Waals surface area contributed by atoms with E-state index in [1.54, 1.807) is 0 Å². The van der Waals surface area contributed by atoms with Gasteiger partial charge in [0.25, 0.3) is 10.2 Å². The third kappa shape index (κ3) is 4.90. The molecule has 0 unspecified atom stereocenters. The molecule has 0 aromatic carbocycles. The van der Waals surface area contributed by atoms with Gasteiger partial charge >= 0.3 is 0 Å². The minimum atomic E-state index is -3.64. The molecule has 104 valence electrons. The highest BCUT2D eigenvalue weighted by Gasteiger charge is 2.34. The second-order valence-corrected chi connectivity index (χ2v) is 6.10. The van der Waals surface area contributed by atoms with E-state index in [1.165, 1.54) is 7.11 Å². The van der Waals surface area contributed by atoms with Gasteiger partial charge in [-0.15, -0.1) is 0 Å². The van der Waals surface area contributed by atoms with E-state index < -0.39 is 15.7 Å². The monoisotopic (exact) mass is 275 g/mol. The third-order valence-electron chi connectivity index (χ3n) is 3.10. The Morgan fingerprint density at radius 3 is 2.39 bits per heavy atom. The van der Waals surface area contributed by atoms with E-state index in [0.29, 0.717) is 19.4 Å². The highest BCUT2D eigenvalue weighted by molar-refractivity contribution is 7.87. The molecular weight excluding hydrogens is 254 g/mol. The second kappa shape index (κ2) is 7.04. The highest BCUT2D eigenvalue weighted by atomic mass is 32.2. The molecule has 1 saturated carbocycles. The Kier molecular flexibility index (Phi) is 6.02. The van der Waals surface area contributed by atoms with Gasteiger partial charge in [-0.1, -0.05) is 25.7 Å². The number of nitriles is 1. The van der Waals surface area contributed by atoms with E-state index in [0.717, 1.165) is 25.7 Å². The van der Waals surface area contributed by atoms with Gasteiger partial charge in [-0.3, -0.25) is 0 Å². The van der Waals surface area contributed by atoms with E-state index in [2.05, 4.69) is 15.5 Å². The van der Waals surface area contributed by atoms with Crippen LogP contribution in [0.15, 0.2) is 0 Å². The molecule has 0 spiro atoms. The number of hydrogen-bond acceptors (Lipinski definition) is 4. The molecule has 0 aromatic rings. The Bertz CT molecular complexity index is 381. The van der Waals surface area contributed by atoms with Gasteiger partial charge in [0.1, 0.15) is 5.54 Å². The maximum atomic E-state index is 11.8. The molecule has 1 rings (SSSR count). The molecule has 0 heterocycles. The number of nitrogens with one attached hydrogen (secondary N) is 2. The smallest absolute Gasteiger partial charge is 0.278 e. The van der Waals surface area contributed by atoms with Crippen molar-refractivity contribution in [2.45, 2.75) is 44.1 Å². The van der Waals surface area contributed by atoms with Gasteiger partial charge in [-0.2, -0.15) is 23.1 Å². The minimum Gasteiger partial charge on any atom is -0.383 e. The molecule has 7 heteroatoms. The van der Waals surface area contributed by atoms with Gasteiger partial charge in [0.15, 0.2) is 0 Å². The fourth-order valence-corrected chi connectivity index (χ4v) is 3.33. The quantitative estimate of drug-likeness (QED) is 0.550. The lowest BCUT2D eigenvalue weighted by atomic mass is 9.94. The zero-order chi connectivity index (χ0) is 13.5. The molecular formula is C11H21N3O3S. The average molecular weight is 275 g/mol. The molecule has 0 radical (unpaired) electrons. The Balaban J connectivity index is 2.63. The van der Waals surface area contributed by atoms with Gasteiger partial charge in [0, 0.05) is 13.7 Å². The molecule has 0 aliphatic heterocycles. The van der Waals surface area contributed by atoms with Crippen molar-refractivity contribution >= 4 is 10.2 Å². The zero-order valence-corrected chi connectivity index (χ0v) is 11.6. The largest absolute Gasteiger partial charge is 0.383 e. The van der Waals surface area contributed by atoms with Crippen molar-refractivity contribution in [1.29, 1.82) is 5.26 Å². The van der Waals surface area contributed by atoms with Gasteiger partial charge < -0.3 is 4.74 Å². The van der Waals surface area contributed by atoms with Crippen molar-refractivity contribution < 1.29 is 13.2 Å². The van der Waals surface area contributed by atoms with Crippen LogP contribution in [0.4, 0.5) is 0 Å². The van der Waals surface area contributed by atoms with Crippen LogP contribution in [-0.2, 0) is 14.9 Å². The number of methoxy groups -OCH3 is 1. The fraction of sp³-hybridized carbons (Fsp3) is 0.909. The predicted molar refractivity (Wildman–Crippen MR) is 68.0 cm³/mol. The molecule has 18 heavy (non-hydrogen) atoms. The van der Waals surface area contributed by atoms with Crippen molar-refractivity contribution in [1.82, 2.24) is 9.44 Å². The van der Waals surface area contributed by atoms with Crippen molar-refractivity contribution in [2.24, 2.45) is 0 Å². The molecule has 1 fully saturated rings. The van der Waals surface area contributed by atoms with E-state index in [4.69, 9.17) is 4.74 Å². The predicted octanol–water partition coefficient (Wildman–Crippen LogP) is 0.673. The first-order valence-corrected chi connectivity index (χ1v) is 7.71. The summed E-state index contributed by atoms with van der Waals surface area (Å²) >= 11 is 0. The molecule has 0 amide bonds. The van der Waals surface area contributed by atoms with Crippen LogP contribution in [0.3, 0.4) is 0 Å². The summed E-state index contributed by atoms with van der Waals surface area (Å²) in [6, 6.07) is 2.14. The van der Waals surface area contributed by atoms with Crippen LogP contribution in [0.1, 0.15) is 38.5 Å². The summed E-state index contributed by atoms with van der Waals surface area (Å²) < 4.78 is 33.3. The molecule has 0 atom stereocenters. The first kappa shape index (κ1) is 15.4. The summed E-state index contributed by atoms with van der Waals surface area (Å²) in [6.07, 6.45) is 5.04. The summed E-state index contributed by atoms with van der Waals surface area (Å²) in [5, 5.41) is 9.27. The van der Waals surface area contributed by atoms with Crippen LogP contribution in [0.25, 0.3) is 0 Å². The second-order valence-electron chi connectivity index (χ2n) is 4.60. The molecule has 2 N–H and O–H groups in total. The lowest BCUT2D eigenvalue weighted by Gasteiger charge is -2.25. The first-order valence-electron chi connectivity index (χ1n) is 6.22. The maximum Gasteiger partial charge on any atom is 0.278 e. The summed E-state index contributed by atoms with van der Waals surface area (Å²) in [5.41, 5.74) is -0.949. The molecule has 0 aromatic heterocycles. The number of ether oxygens (including phenoxy) is 1. The van der Waals surface area contributed by atoms with Crippen molar-refractivity contribution in [3.8, 4) is 6.07 Å². The summed E-state index contributed by atoms with van der Waals surface area (Å²) in [7, 11) is -2.14. The fourth-order valence-electron chi connectivity index (χ4n) is 2.14. The molecule has 6 nitrogen and oxygen atoms in total. The van der Waals surface area contributed by atoms with E-state index in [9.17, 15) is 13.7 Å². The van der Waals surface area contributed by atoms with E-state index in [-0.39, 0.29) is 6.54 Å². The zero-order valence-electron chi connectivity index (χ0n) is 10.7. The van der Waals surface area contributed by atoms with Crippen LogP contribution >= 0.6 is 0 Å².